The number of nitrogens with one attached hydrogen (secondary N) is 1. The van der Waals surface area contributed by atoms with Crippen molar-refractivity contribution < 1.29 is 28.3 Å². The van der Waals surface area contributed by atoms with Gasteiger partial charge in [-0.3, -0.25) is 24.3 Å². The maximum absolute atomic E-state index is 13.5. The number of carbonyl (C=O) groups is 3. The van der Waals surface area contributed by atoms with E-state index >= 15 is 0 Å². The third-order valence-electron chi connectivity index (χ3n) is 3.46. The Morgan fingerprint density at radius 3 is 2.33 bits per heavy atom. The Morgan fingerprint density at radius 2 is 1.71 bits per heavy atom. The van der Waals surface area contributed by atoms with Crippen LogP contribution in [0.2, 0.25) is 0 Å². The van der Waals surface area contributed by atoms with E-state index in [4.69, 9.17) is 10.8 Å². The van der Waals surface area contributed by atoms with Crippen molar-refractivity contribution in [1.29, 1.82) is 0 Å². The summed E-state index contributed by atoms with van der Waals surface area (Å²) in [4.78, 5) is 46.8. The van der Waals surface area contributed by atoms with Gasteiger partial charge in [-0.25, -0.2) is 13.6 Å². The maximum Gasteiger partial charge on any atom is 0.337 e. The lowest BCUT2D eigenvalue weighted by Crippen LogP contribution is -2.26. The van der Waals surface area contributed by atoms with Gasteiger partial charge >= 0.3 is 5.97 Å². The molecule has 0 spiro atoms. The lowest BCUT2D eigenvalue weighted by molar-refractivity contribution is 0.0695. The minimum absolute atomic E-state index is 0.279. The number of hydrogen-bond donors (Lipinski definition) is 3. The van der Waals surface area contributed by atoms with Crippen LogP contribution in [0, 0.1) is 11.6 Å². The number of fused-ring (bicyclic) bond motifs is 1. The second-order valence-corrected chi connectivity index (χ2v) is 4.86. The number of anilines is 1. The SMILES string of the molecule is Nc1c2c(cc(=O)n1-c1cc(F)c(F)cc1C(=O)O)C(=O)NC2=O. The molecule has 0 saturated heterocycles. The van der Waals surface area contributed by atoms with Gasteiger partial charge in [-0.2, -0.15) is 0 Å². The Balaban J connectivity index is 2.41. The van der Waals surface area contributed by atoms with E-state index in [0.29, 0.717) is 16.7 Å². The van der Waals surface area contributed by atoms with Crippen LogP contribution in [0.4, 0.5) is 14.6 Å². The van der Waals surface area contributed by atoms with E-state index in [1.807, 2.05) is 5.32 Å². The average Bonchev–Trinajstić information content (AvgIpc) is 2.76. The number of nitrogens with two attached hydrogens (primary N) is 1. The molecule has 2 heterocycles. The van der Waals surface area contributed by atoms with Crippen molar-refractivity contribution in [3.8, 4) is 5.69 Å². The molecule has 0 aliphatic carbocycles. The first-order valence-corrected chi connectivity index (χ1v) is 6.36. The largest absolute Gasteiger partial charge is 0.478 e. The zero-order chi connectivity index (χ0) is 17.8. The fourth-order valence-electron chi connectivity index (χ4n) is 2.42. The van der Waals surface area contributed by atoms with Crippen molar-refractivity contribution in [3.63, 3.8) is 0 Å². The summed E-state index contributed by atoms with van der Waals surface area (Å²) in [5.74, 6) is -6.78. The fraction of sp³-hybridized carbons (Fsp3) is 0. The van der Waals surface area contributed by atoms with Crippen LogP contribution < -0.4 is 16.6 Å². The summed E-state index contributed by atoms with van der Waals surface area (Å²) in [5.41, 5.74) is 2.80. The number of nitrogens with zero attached hydrogens (tertiary/aromatic N) is 1. The summed E-state index contributed by atoms with van der Waals surface area (Å²) in [5, 5.41) is 11.1. The van der Waals surface area contributed by atoms with E-state index in [1.165, 1.54) is 0 Å². The molecule has 2 amide bonds. The number of carboxylic acid groups (broad SMARTS) is 1. The number of nitrogen functional groups attached to an aromatic ring is 1. The number of benzene rings is 1. The van der Waals surface area contributed by atoms with Crippen LogP contribution in [-0.4, -0.2) is 27.5 Å². The molecule has 10 heteroatoms. The molecule has 3 rings (SSSR count). The van der Waals surface area contributed by atoms with Gasteiger partial charge in [-0.05, 0) is 6.07 Å². The molecular weight excluding hydrogens is 328 g/mol. The maximum atomic E-state index is 13.5. The van der Waals surface area contributed by atoms with Gasteiger partial charge in [0.1, 0.15) is 5.82 Å². The van der Waals surface area contributed by atoms with Gasteiger partial charge in [-0.1, -0.05) is 0 Å². The number of hydrogen-bond acceptors (Lipinski definition) is 5. The van der Waals surface area contributed by atoms with E-state index in [0.717, 1.165) is 6.07 Å². The Hall–Kier alpha value is -3.56. The standard InChI is InChI=1S/C14H7F2N3O5/c15-6-1-4(14(23)24)8(3-7(6)16)19-9(20)2-5-10(11(19)17)13(22)18-12(5)21/h1-3H,17H2,(H,23,24)(H,18,21,22). The Bertz CT molecular complexity index is 1010. The van der Waals surface area contributed by atoms with Crippen LogP contribution in [0.1, 0.15) is 31.1 Å². The highest BCUT2D eigenvalue weighted by Gasteiger charge is 2.32. The van der Waals surface area contributed by atoms with Crippen LogP contribution >= 0.6 is 0 Å². The number of halogens is 2. The van der Waals surface area contributed by atoms with Crippen LogP contribution in [0.5, 0.6) is 0 Å². The molecule has 1 aromatic carbocycles. The van der Waals surface area contributed by atoms with Crippen LogP contribution in [0.3, 0.4) is 0 Å². The molecule has 1 aliphatic heterocycles. The quantitative estimate of drug-likeness (QED) is 0.676. The predicted molar refractivity (Wildman–Crippen MR) is 75.1 cm³/mol. The first kappa shape index (κ1) is 15.3. The molecule has 8 nitrogen and oxygen atoms in total. The molecule has 1 aliphatic rings. The molecule has 0 bridgehead atoms. The molecule has 0 saturated carbocycles. The minimum atomic E-state index is -1.64. The van der Waals surface area contributed by atoms with Crippen LogP contribution in [0.25, 0.3) is 5.69 Å². The number of rotatable bonds is 2. The van der Waals surface area contributed by atoms with Gasteiger partial charge in [0.2, 0.25) is 0 Å². The number of imide groups is 1. The highest BCUT2D eigenvalue weighted by atomic mass is 19.2. The molecule has 2 aromatic rings. The van der Waals surface area contributed by atoms with E-state index in [2.05, 4.69) is 0 Å². The number of pyridine rings is 1. The first-order chi connectivity index (χ1) is 11.2. The van der Waals surface area contributed by atoms with Gasteiger partial charge in [-0.15, -0.1) is 0 Å². The van der Waals surface area contributed by atoms with E-state index in [9.17, 15) is 28.0 Å². The first-order valence-electron chi connectivity index (χ1n) is 6.36. The van der Waals surface area contributed by atoms with Crippen molar-refractivity contribution in [2.75, 3.05) is 5.73 Å². The lowest BCUT2D eigenvalue weighted by atomic mass is 10.1. The summed E-state index contributed by atoms with van der Waals surface area (Å²) < 4.78 is 27.4. The van der Waals surface area contributed by atoms with Crippen molar-refractivity contribution >= 4 is 23.6 Å². The third kappa shape index (κ3) is 2.04. The summed E-state index contributed by atoms with van der Waals surface area (Å²) in [6, 6.07) is 1.62. The number of aromatic nitrogens is 1. The Morgan fingerprint density at radius 1 is 1.08 bits per heavy atom. The minimum Gasteiger partial charge on any atom is -0.478 e. The molecule has 0 fully saturated rings. The number of carboxylic acids is 1. The Kier molecular flexibility index (Phi) is 3.18. The molecular formula is C14H7F2N3O5. The van der Waals surface area contributed by atoms with E-state index in [-0.39, 0.29) is 11.1 Å². The van der Waals surface area contributed by atoms with Gasteiger partial charge < -0.3 is 10.8 Å². The van der Waals surface area contributed by atoms with Gasteiger partial charge in [0.05, 0.1) is 22.4 Å². The van der Waals surface area contributed by atoms with Crippen molar-refractivity contribution in [3.05, 3.63) is 56.9 Å². The average molecular weight is 335 g/mol. The molecule has 122 valence electrons. The second kappa shape index (κ2) is 4.98. The highest BCUT2D eigenvalue weighted by Crippen LogP contribution is 2.25. The predicted octanol–water partition coefficient (Wildman–Crippen LogP) is 0.280. The van der Waals surface area contributed by atoms with Crippen LogP contribution in [0.15, 0.2) is 23.0 Å². The van der Waals surface area contributed by atoms with Gasteiger partial charge in [0, 0.05) is 12.1 Å². The molecule has 0 radical (unpaired) electrons. The zero-order valence-corrected chi connectivity index (χ0v) is 11.6. The molecule has 24 heavy (non-hydrogen) atoms. The van der Waals surface area contributed by atoms with E-state index in [1.54, 1.807) is 0 Å². The normalized spacial score (nSPS) is 12.9. The summed E-state index contributed by atoms with van der Waals surface area (Å²) >= 11 is 0. The fourth-order valence-corrected chi connectivity index (χ4v) is 2.42. The summed E-state index contributed by atoms with van der Waals surface area (Å²) in [6.07, 6.45) is 0. The topological polar surface area (TPSA) is 131 Å². The second-order valence-electron chi connectivity index (χ2n) is 4.86. The number of amides is 2. The zero-order valence-electron chi connectivity index (χ0n) is 11.6. The van der Waals surface area contributed by atoms with Crippen molar-refractivity contribution in [1.82, 2.24) is 9.88 Å². The monoisotopic (exact) mass is 335 g/mol. The molecule has 4 N–H and O–H groups in total. The van der Waals surface area contributed by atoms with Crippen molar-refractivity contribution in [2.24, 2.45) is 0 Å². The summed E-state index contributed by atoms with van der Waals surface area (Å²) in [6.45, 7) is 0. The van der Waals surface area contributed by atoms with Gasteiger partial charge in [0.15, 0.2) is 11.6 Å². The number of carbonyl (C=O) groups excluding carboxylic acids is 2. The molecule has 1 aromatic heterocycles. The lowest BCUT2D eigenvalue weighted by Gasteiger charge is -2.14. The Labute approximate surface area is 131 Å². The van der Waals surface area contributed by atoms with Crippen molar-refractivity contribution in [2.45, 2.75) is 0 Å². The third-order valence-corrected chi connectivity index (χ3v) is 3.46. The van der Waals surface area contributed by atoms with E-state index < -0.39 is 52.0 Å². The molecule has 0 unspecified atom stereocenters. The summed E-state index contributed by atoms with van der Waals surface area (Å²) in [7, 11) is 0. The molecule has 0 atom stereocenters. The van der Waals surface area contributed by atoms with Gasteiger partial charge in [0.25, 0.3) is 17.4 Å². The highest BCUT2D eigenvalue weighted by molar-refractivity contribution is 6.23. The number of aromatic carboxylic acids is 1. The van der Waals surface area contributed by atoms with Crippen LogP contribution in [-0.2, 0) is 0 Å². The smallest absolute Gasteiger partial charge is 0.337 e.